The van der Waals surface area contributed by atoms with Crippen molar-refractivity contribution in [1.29, 1.82) is 0 Å². The molecule has 0 amide bonds. The number of rotatable bonds is 4. The molecule has 1 aromatic rings. The Balaban J connectivity index is 1.69. The topological polar surface area (TPSA) is 46.0 Å². The van der Waals surface area contributed by atoms with Gasteiger partial charge in [0.15, 0.2) is 0 Å². The van der Waals surface area contributed by atoms with Gasteiger partial charge in [-0.1, -0.05) is 31.4 Å². The maximum Gasteiger partial charge on any atom is 0.0967 e. The minimum absolute atomic E-state index is 0.626. The van der Waals surface area contributed by atoms with E-state index in [2.05, 4.69) is 33.6 Å². The molecule has 1 aromatic heterocycles. The predicted molar refractivity (Wildman–Crippen MR) is 83.9 cm³/mol. The fraction of sp³-hybridized carbons (Fsp3) is 0.875. The SMILES string of the molecule is CCC1CN(Cc2cn(C)nn2)C(C2CCCCC2)CN1. The van der Waals surface area contributed by atoms with Crippen LogP contribution in [0.2, 0.25) is 0 Å². The molecule has 1 saturated carbocycles. The third-order valence-corrected chi connectivity index (χ3v) is 5.24. The Morgan fingerprint density at radius 3 is 2.76 bits per heavy atom. The molecule has 0 radical (unpaired) electrons. The van der Waals surface area contributed by atoms with Crippen molar-refractivity contribution >= 4 is 0 Å². The van der Waals surface area contributed by atoms with E-state index in [0.29, 0.717) is 12.1 Å². The summed E-state index contributed by atoms with van der Waals surface area (Å²) in [5, 5.41) is 12.1. The third-order valence-electron chi connectivity index (χ3n) is 5.24. The van der Waals surface area contributed by atoms with Crippen LogP contribution in [0.5, 0.6) is 0 Å². The summed E-state index contributed by atoms with van der Waals surface area (Å²) in [6.07, 6.45) is 10.3. The number of nitrogens with one attached hydrogen (secondary N) is 1. The Kier molecular flexibility index (Phi) is 4.91. The Bertz CT molecular complexity index is 438. The van der Waals surface area contributed by atoms with E-state index < -0.39 is 0 Å². The second kappa shape index (κ2) is 6.88. The van der Waals surface area contributed by atoms with Crippen molar-refractivity contribution in [3.05, 3.63) is 11.9 Å². The highest BCUT2D eigenvalue weighted by Crippen LogP contribution is 2.31. The maximum atomic E-state index is 4.29. The Hall–Kier alpha value is -0.940. The number of piperazine rings is 1. The fourth-order valence-corrected chi connectivity index (χ4v) is 4.01. The van der Waals surface area contributed by atoms with E-state index in [1.165, 1.54) is 38.5 Å². The lowest BCUT2D eigenvalue weighted by Crippen LogP contribution is -2.58. The van der Waals surface area contributed by atoms with Crippen molar-refractivity contribution in [1.82, 2.24) is 25.2 Å². The van der Waals surface area contributed by atoms with Gasteiger partial charge in [0.2, 0.25) is 0 Å². The van der Waals surface area contributed by atoms with Crippen molar-refractivity contribution in [2.45, 2.75) is 64.1 Å². The zero-order valence-corrected chi connectivity index (χ0v) is 13.5. The molecule has 2 heterocycles. The summed E-state index contributed by atoms with van der Waals surface area (Å²) < 4.78 is 1.81. The van der Waals surface area contributed by atoms with Gasteiger partial charge in [-0.25, -0.2) is 0 Å². The zero-order chi connectivity index (χ0) is 14.7. The molecular weight excluding hydrogens is 262 g/mol. The molecule has 2 atom stereocenters. The molecule has 5 heteroatoms. The van der Waals surface area contributed by atoms with Crippen LogP contribution in [0.4, 0.5) is 0 Å². The van der Waals surface area contributed by atoms with E-state index in [4.69, 9.17) is 0 Å². The van der Waals surface area contributed by atoms with E-state index in [0.717, 1.165) is 31.2 Å². The summed E-state index contributed by atoms with van der Waals surface area (Å²) >= 11 is 0. The highest BCUT2D eigenvalue weighted by Gasteiger charge is 2.33. The molecule has 0 bridgehead atoms. The largest absolute Gasteiger partial charge is 0.311 e. The Morgan fingerprint density at radius 1 is 1.29 bits per heavy atom. The van der Waals surface area contributed by atoms with E-state index in [1.807, 2.05) is 11.7 Å². The lowest BCUT2D eigenvalue weighted by Gasteiger charge is -2.44. The van der Waals surface area contributed by atoms with E-state index >= 15 is 0 Å². The van der Waals surface area contributed by atoms with Gasteiger partial charge in [-0.15, -0.1) is 5.10 Å². The zero-order valence-electron chi connectivity index (χ0n) is 13.5. The van der Waals surface area contributed by atoms with Gasteiger partial charge in [0.1, 0.15) is 0 Å². The number of hydrogen-bond donors (Lipinski definition) is 1. The summed E-state index contributed by atoms with van der Waals surface area (Å²) in [6.45, 7) is 5.52. The molecule has 1 aliphatic carbocycles. The van der Waals surface area contributed by atoms with Gasteiger partial charge in [-0.05, 0) is 25.2 Å². The molecule has 3 rings (SSSR count). The lowest BCUT2D eigenvalue weighted by molar-refractivity contribution is 0.0635. The van der Waals surface area contributed by atoms with Gasteiger partial charge in [0, 0.05) is 45.0 Å². The van der Waals surface area contributed by atoms with E-state index in [9.17, 15) is 0 Å². The average molecular weight is 291 g/mol. The third kappa shape index (κ3) is 3.64. The molecule has 2 aliphatic rings. The minimum Gasteiger partial charge on any atom is -0.311 e. The van der Waals surface area contributed by atoms with Gasteiger partial charge in [-0.3, -0.25) is 9.58 Å². The van der Waals surface area contributed by atoms with Gasteiger partial charge >= 0.3 is 0 Å². The van der Waals surface area contributed by atoms with Crippen LogP contribution >= 0.6 is 0 Å². The van der Waals surface area contributed by atoms with E-state index in [1.54, 1.807) is 0 Å². The molecular formula is C16H29N5. The Morgan fingerprint density at radius 2 is 2.10 bits per heavy atom. The summed E-state index contributed by atoms with van der Waals surface area (Å²) in [4.78, 5) is 2.67. The molecule has 0 aromatic carbocycles. The number of aromatic nitrogens is 3. The van der Waals surface area contributed by atoms with Crippen LogP contribution < -0.4 is 5.32 Å². The van der Waals surface area contributed by atoms with Gasteiger partial charge in [0.05, 0.1) is 5.69 Å². The summed E-state index contributed by atoms with van der Waals surface area (Å²) in [5.74, 6) is 0.862. The second-order valence-corrected chi connectivity index (χ2v) is 6.79. The molecule has 5 nitrogen and oxygen atoms in total. The van der Waals surface area contributed by atoms with Crippen molar-refractivity contribution in [3.8, 4) is 0 Å². The summed E-state index contributed by atoms with van der Waals surface area (Å²) in [6, 6.07) is 1.30. The average Bonchev–Trinajstić information content (AvgIpc) is 2.93. The van der Waals surface area contributed by atoms with Crippen LogP contribution in [0.3, 0.4) is 0 Å². The quantitative estimate of drug-likeness (QED) is 0.921. The summed E-state index contributed by atoms with van der Waals surface area (Å²) in [5.41, 5.74) is 1.11. The predicted octanol–water partition coefficient (Wildman–Crippen LogP) is 1.95. The Labute approximate surface area is 128 Å². The fourth-order valence-electron chi connectivity index (χ4n) is 4.01. The van der Waals surface area contributed by atoms with Crippen molar-refractivity contribution in [3.63, 3.8) is 0 Å². The second-order valence-electron chi connectivity index (χ2n) is 6.79. The molecule has 21 heavy (non-hydrogen) atoms. The van der Waals surface area contributed by atoms with Crippen molar-refractivity contribution in [2.24, 2.45) is 13.0 Å². The van der Waals surface area contributed by atoms with Crippen LogP contribution in [0.1, 0.15) is 51.1 Å². The molecule has 1 N–H and O–H groups in total. The molecule has 1 saturated heterocycles. The molecule has 2 unspecified atom stereocenters. The molecule has 0 spiro atoms. The maximum absolute atomic E-state index is 4.29. The van der Waals surface area contributed by atoms with Crippen molar-refractivity contribution in [2.75, 3.05) is 13.1 Å². The highest BCUT2D eigenvalue weighted by atomic mass is 15.4. The molecule has 2 fully saturated rings. The monoisotopic (exact) mass is 291 g/mol. The van der Waals surface area contributed by atoms with Crippen LogP contribution in [0, 0.1) is 5.92 Å². The lowest BCUT2D eigenvalue weighted by atomic mass is 9.82. The molecule has 118 valence electrons. The van der Waals surface area contributed by atoms with Crippen LogP contribution in [-0.2, 0) is 13.6 Å². The number of aryl methyl sites for hydroxylation is 1. The molecule has 1 aliphatic heterocycles. The number of hydrogen-bond acceptors (Lipinski definition) is 4. The number of nitrogens with zero attached hydrogens (tertiary/aromatic N) is 4. The van der Waals surface area contributed by atoms with Gasteiger partial charge < -0.3 is 5.32 Å². The normalized spacial score (nSPS) is 28.9. The first-order chi connectivity index (χ1) is 10.3. The van der Waals surface area contributed by atoms with Crippen LogP contribution in [0.25, 0.3) is 0 Å². The van der Waals surface area contributed by atoms with Crippen LogP contribution in [0.15, 0.2) is 6.20 Å². The minimum atomic E-state index is 0.626. The van der Waals surface area contributed by atoms with E-state index in [-0.39, 0.29) is 0 Å². The standard InChI is InChI=1S/C16H29N5/c1-3-14-11-21(12-15-10-20(2)19-18-15)16(9-17-14)13-7-5-4-6-8-13/h10,13-14,16-17H,3-9,11-12H2,1-2H3. The smallest absolute Gasteiger partial charge is 0.0967 e. The van der Waals surface area contributed by atoms with Gasteiger partial charge in [0.25, 0.3) is 0 Å². The first-order valence-corrected chi connectivity index (χ1v) is 8.59. The van der Waals surface area contributed by atoms with Crippen LogP contribution in [-0.4, -0.2) is 45.1 Å². The van der Waals surface area contributed by atoms with Gasteiger partial charge in [-0.2, -0.15) is 0 Å². The highest BCUT2D eigenvalue weighted by molar-refractivity contribution is 4.97. The summed E-state index contributed by atoms with van der Waals surface area (Å²) in [7, 11) is 1.95. The first-order valence-electron chi connectivity index (χ1n) is 8.59. The first kappa shape index (κ1) is 15.0. The van der Waals surface area contributed by atoms with Crippen molar-refractivity contribution < 1.29 is 0 Å².